The van der Waals surface area contributed by atoms with Gasteiger partial charge in [0.1, 0.15) is 6.04 Å². The van der Waals surface area contributed by atoms with Crippen molar-refractivity contribution in [3.05, 3.63) is 0 Å². The van der Waals surface area contributed by atoms with Crippen molar-refractivity contribution in [3.8, 4) is 0 Å². The molecule has 2 heterocycles. The number of rotatable bonds is 4. The maximum absolute atomic E-state index is 12.5. The van der Waals surface area contributed by atoms with Gasteiger partial charge < -0.3 is 15.0 Å². The Labute approximate surface area is 118 Å². The number of esters is 1. The summed E-state index contributed by atoms with van der Waals surface area (Å²) in [5, 5.41) is 3.19. The van der Waals surface area contributed by atoms with Gasteiger partial charge in [-0.05, 0) is 25.9 Å². The minimum Gasteiger partial charge on any atom is -0.464 e. The molecule has 2 saturated heterocycles. The molecule has 2 aliphatic rings. The van der Waals surface area contributed by atoms with Gasteiger partial charge in [0.2, 0.25) is 5.91 Å². The van der Waals surface area contributed by atoms with Crippen LogP contribution in [0.2, 0.25) is 0 Å². The van der Waals surface area contributed by atoms with E-state index in [1.807, 2.05) is 6.92 Å². The summed E-state index contributed by atoms with van der Waals surface area (Å²) in [6.45, 7) is 6.58. The molecule has 6 heteroatoms. The van der Waals surface area contributed by atoms with Crippen molar-refractivity contribution >= 4 is 23.6 Å². The van der Waals surface area contributed by atoms with Crippen LogP contribution in [0, 0.1) is 11.8 Å². The van der Waals surface area contributed by atoms with Crippen LogP contribution in [-0.4, -0.2) is 60.6 Å². The summed E-state index contributed by atoms with van der Waals surface area (Å²) in [5.74, 6) is 1.79. The highest BCUT2D eigenvalue weighted by Gasteiger charge is 2.38. The minimum absolute atomic E-state index is 0.0127. The van der Waals surface area contributed by atoms with Gasteiger partial charge in [-0.1, -0.05) is 6.92 Å². The zero-order valence-electron chi connectivity index (χ0n) is 11.6. The second-order valence-corrected chi connectivity index (χ2v) is 6.23. The maximum atomic E-state index is 12.5. The molecule has 0 aromatic carbocycles. The molecule has 2 atom stereocenters. The summed E-state index contributed by atoms with van der Waals surface area (Å²) >= 11 is 1.71. The molecule has 2 rings (SSSR count). The van der Waals surface area contributed by atoms with Crippen LogP contribution >= 0.6 is 11.8 Å². The van der Waals surface area contributed by atoms with E-state index in [1.165, 1.54) is 0 Å². The van der Waals surface area contributed by atoms with E-state index >= 15 is 0 Å². The van der Waals surface area contributed by atoms with E-state index < -0.39 is 6.04 Å². The lowest BCUT2D eigenvalue weighted by atomic mass is 9.87. The third kappa shape index (κ3) is 3.23. The molecule has 19 heavy (non-hydrogen) atoms. The summed E-state index contributed by atoms with van der Waals surface area (Å²) in [6.07, 6.45) is 0. The number of thioether (sulfide) groups is 1. The van der Waals surface area contributed by atoms with Gasteiger partial charge in [-0.15, -0.1) is 0 Å². The number of ether oxygens (including phenoxy) is 1. The predicted octanol–water partition coefficient (Wildman–Crippen LogP) is 0.349. The third-order valence-electron chi connectivity index (χ3n) is 3.88. The summed E-state index contributed by atoms with van der Waals surface area (Å²) < 4.78 is 5.08. The fourth-order valence-electron chi connectivity index (χ4n) is 2.43. The first-order valence-corrected chi connectivity index (χ1v) is 8.06. The molecule has 0 aromatic heterocycles. The molecule has 0 saturated carbocycles. The number of hydrogen-bond donors (Lipinski definition) is 1. The summed E-state index contributed by atoms with van der Waals surface area (Å²) in [7, 11) is 0. The summed E-state index contributed by atoms with van der Waals surface area (Å²) in [6, 6.07) is -0.401. The fourth-order valence-corrected chi connectivity index (χ4v) is 3.46. The van der Waals surface area contributed by atoms with Crippen LogP contribution in [0.1, 0.15) is 13.8 Å². The molecule has 108 valence electrons. The number of amides is 1. The van der Waals surface area contributed by atoms with Gasteiger partial charge in [0.15, 0.2) is 0 Å². The Morgan fingerprint density at radius 3 is 2.79 bits per heavy atom. The first-order valence-electron chi connectivity index (χ1n) is 6.90. The molecule has 2 fully saturated rings. The number of carbonyl (C=O) groups excluding carboxylic acids is 2. The van der Waals surface area contributed by atoms with Gasteiger partial charge in [0.25, 0.3) is 0 Å². The smallest absolute Gasteiger partial charge is 0.329 e. The number of nitrogens with zero attached hydrogens (tertiary/aromatic N) is 1. The maximum Gasteiger partial charge on any atom is 0.329 e. The fraction of sp³-hybridized carbons (Fsp3) is 0.846. The Morgan fingerprint density at radius 1 is 1.47 bits per heavy atom. The van der Waals surface area contributed by atoms with Crippen LogP contribution < -0.4 is 5.32 Å². The topological polar surface area (TPSA) is 58.6 Å². The van der Waals surface area contributed by atoms with E-state index in [2.05, 4.69) is 5.32 Å². The standard InChI is InChI=1S/C13H22N2O3S/c1-3-18-13(17)11-8-19-5-4-15(11)12(16)9(2)10-6-14-7-10/h9-11,14H,3-8H2,1-2H3. The van der Waals surface area contributed by atoms with Gasteiger partial charge in [0.05, 0.1) is 6.61 Å². The van der Waals surface area contributed by atoms with Crippen molar-refractivity contribution < 1.29 is 14.3 Å². The quantitative estimate of drug-likeness (QED) is 0.756. The van der Waals surface area contributed by atoms with Crippen molar-refractivity contribution in [2.45, 2.75) is 19.9 Å². The zero-order valence-corrected chi connectivity index (χ0v) is 12.4. The lowest BCUT2D eigenvalue weighted by molar-refractivity contribution is -0.155. The molecular formula is C13H22N2O3S. The summed E-state index contributed by atoms with van der Waals surface area (Å²) in [4.78, 5) is 26.2. The molecule has 1 N–H and O–H groups in total. The Bertz CT molecular complexity index is 347. The minimum atomic E-state index is -0.401. The molecule has 0 aromatic rings. The molecule has 0 spiro atoms. The summed E-state index contributed by atoms with van der Waals surface area (Å²) in [5.41, 5.74) is 0. The van der Waals surface area contributed by atoms with Crippen LogP contribution in [0.25, 0.3) is 0 Å². The number of carbonyl (C=O) groups is 2. The Hall–Kier alpha value is -0.750. The largest absolute Gasteiger partial charge is 0.464 e. The van der Waals surface area contributed by atoms with Crippen LogP contribution in [0.3, 0.4) is 0 Å². The Kier molecular flexibility index (Phi) is 5.10. The molecule has 2 aliphatic heterocycles. The first-order chi connectivity index (χ1) is 9.15. The highest BCUT2D eigenvalue weighted by Crippen LogP contribution is 2.24. The molecule has 0 radical (unpaired) electrons. The highest BCUT2D eigenvalue weighted by molar-refractivity contribution is 7.99. The molecule has 0 aliphatic carbocycles. The van der Waals surface area contributed by atoms with E-state index in [0.29, 0.717) is 24.8 Å². The van der Waals surface area contributed by atoms with Crippen molar-refractivity contribution in [1.29, 1.82) is 0 Å². The van der Waals surface area contributed by atoms with Crippen molar-refractivity contribution in [2.24, 2.45) is 11.8 Å². The molecule has 0 bridgehead atoms. The number of hydrogen-bond acceptors (Lipinski definition) is 5. The highest BCUT2D eigenvalue weighted by atomic mass is 32.2. The van der Waals surface area contributed by atoms with E-state index in [9.17, 15) is 9.59 Å². The van der Waals surface area contributed by atoms with Crippen LogP contribution in [0.5, 0.6) is 0 Å². The van der Waals surface area contributed by atoms with E-state index in [4.69, 9.17) is 4.74 Å². The van der Waals surface area contributed by atoms with Crippen LogP contribution in [-0.2, 0) is 14.3 Å². The average Bonchev–Trinajstić information content (AvgIpc) is 2.36. The molecule has 5 nitrogen and oxygen atoms in total. The van der Waals surface area contributed by atoms with Gasteiger partial charge in [-0.3, -0.25) is 4.79 Å². The van der Waals surface area contributed by atoms with Crippen molar-refractivity contribution in [3.63, 3.8) is 0 Å². The number of nitrogens with one attached hydrogen (secondary N) is 1. The Morgan fingerprint density at radius 2 is 2.21 bits per heavy atom. The van der Waals surface area contributed by atoms with Crippen LogP contribution in [0.4, 0.5) is 0 Å². The Balaban J connectivity index is 2.01. The normalized spacial score (nSPS) is 25.6. The SMILES string of the molecule is CCOC(=O)C1CSCCN1C(=O)C(C)C1CNC1. The van der Waals surface area contributed by atoms with Crippen LogP contribution in [0.15, 0.2) is 0 Å². The average molecular weight is 286 g/mol. The second kappa shape index (κ2) is 6.61. The molecule has 1 amide bonds. The van der Waals surface area contributed by atoms with Crippen molar-refractivity contribution in [2.75, 3.05) is 37.7 Å². The zero-order chi connectivity index (χ0) is 13.8. The van der Waals surface area contributed by atoms with Gasteiger partial charge in [-0.2, -0.15) is 11.8 Å². The van der Waals surface area contributed by atoms with Gasteiger partial charge in [0, 0.05) is 24.0 Å². The lowest BCUT2D eigenvalue weighted by Crippen LogP contribution is -2.56. The van der Waals surface area contributed by atoms with Gasteiger partial charge >= 0.3 is 5.97 Å². The van der Waals surface area contributed by atoms with E-state index in [0.717, 1.165) is 18.8 Å². The molecular weight excluding hydrogens is 264 g/mol. The second-order valence-electron chi connectivity index (χ2n) is 5.08. The monoisotopic (exact) mass is 286 g/mol. The van der Waals surface area contributed by atoms with Gasteiger partial charge in [-0.25, -0.2) is 4.79 Å². The lowest BCUT2D eigenvalue weighted by Gasteiger charge is -2.39. The van der Waals surface area contributed by atoms with E-state index in [-0.39, 0.29) is 17.8 Å². The molecule has 2 unspecified atom stereocenters. The van der Waals surface area contributed by atoms with E-state index in [1.54, 1.807) is 23.6 Å². The van der Waals surface area contributed by atoms with Crippen molar-refractivity contribution in [1.82, 2.24) is 10.2 Å². The first kappa shape index (κ1) is 14.7. The predicted molar refractivity (Wildman–Crippen MR) is 75.0 cm³/mol. The third-order valence-corrected chi connectivity index (χ3v) is 4.90.